The highest BCUT2D eigenvalue weighted by molar-refractivity contribution is 7.09. The van der Waals surface area contributed by atoms with E-state index >= 15 is 0 Å². The molecule has 0 radical (unpaired) electrons. The van der Waals surface area contributed by atoms with Crippen LogP contribution in [0.2, 0.25) is 5.02 Å². The predicted octanol–water partition coefficient (Wildman–Crippen LogP) is 3.23. The smallest absolute Gasteiger partial charge is 0.224 e. The Morgan fingerprint density at radius 3 is 2.89 bits per heavy atom. The monoisotopic (exact) mass is 297 g/mol. The maximum atomic E-state index is 6.08. The molecule has 1 atom stereocenters. The molecule has 0 aliphatic carbocycles. The van der Waals surface area contributed by atoms with Gasteiger partial charge in [0.2, 0.25) is 5.95 Å². The molecule has 0 aliphatic heterocycles. The molecule has 2 aromatic heterocycles. The van der Waals surface area contributed by atoms with Crippen molar-refractivity contribution in [2.45, 2.75) is 19.8 Å². The third kappa shape index (κ3) is 3.78. The third-order valence-electron chi connectivity index (χ3n) is 2.53. The summed E-state index contributed by atoms with van der Waals surface area (Å²) in [6.07, 6.45) is 3.42. The second kappa shape index (κ2) is 6.68. The van der Waals surface area contributed by atoms with Crippen molar-refractivity contribution in [1.29, 1.82) is 0 Å². The molecule has 0 saturated heterocycles. The fraction of sp³-hybridized carbons (Fsp3) is 0.417. The average Bonchev–Trinajstić information content (AvgIpc) is 2.93. The molecule has 2 N–H and O–H groups in total. The van der Waals surface area contributed by atoms with Gasteiger partial charge in [0.15, 0.2) is 5.82 Å². The fourth-order valence-electron chi connectivity index (χ4n) is 1.55. The predicted molar refractivity (Wildman–Crippen MR) is 80.2 cm³/mol. The number of rotatable bonds is 6. The lowest BCUT2D eigenvalue weighted by atomic mass is 10.2. The Kier molecular flexibility index (Phi) is 4.93. The minimum absolute atomic E-state index is 0.314. The van der Waals surface area contributed by atoms with E-state index in [1.807, 2.05) is 18.5 Å². The zero-order chi connectivity index (χ0) is 13.7. The molecule has 0 bridgehead atoms. The third-order valence-corrected chi connectivity index (χ3v) is 3.81. The van der Waals surface area contributed by atoms with E-state index in [0.29, 0.717) is 22.7 Å². The first kappa shape index (κ1) is 14.0. The summed E-state index contributed by atoms with van der Waals surface area (Å²) in [5.74, 6) is 1.54. The number of nitrogens with zero attached hydrogens (tertiary/aromatic N) is 3. The Morgan fingerprint density at radius 1 is 1.37 bits per heavy atom. The zero-order valence-electron chi connectivity index (χ0n) is 10.9. The minimum Gasteiger partial charge on any atom is -0.368 e. The van der Waals surface area contributed by atoms with Crippen molar-refractivity contribution in [3.63, 3.8) is 0 Å². The van der Waals surface area contributed by atoms with E-state index in [1.54, 1.807) is 17.5 Å². The first-order valence-corrected chi connectivity index (χ1v) is 7.36. The summed E-state index contributed by atoms with van der Waals surface area (Å²) in [5.41, 5.74) is 0. The standard InChI is InChI=1S/C12H16ClN5S/c1-3-14-12-17-7-9(13)10(18-12)16-6-8(2)11-15-4-5-19-11/h4-5,7-8H,3,6H2,1-2H3,(H2,14,16,17,18). The van der Waals surface area contributed by atoms with Crippen molar-refractivity contribution in [1.82, 2.24) is 15.0 Å². The van der Waals surface area contributed by atoms with Crippen LogP contribution >= 0.6 is 22.9 Å². The number of thiazole rings is 1. The molecule has 0 amide bonds. The molecule has 2 rings (SSSR count). The van der Waals surface area contributed by atoms with Crippen molar-refractivity contribution in [2.75, 3.05) is 23.7 Å². The van der Waals surface area contributed by atoms with Crippen LogP contribution in [0, 0.1) is 0 Å². The van der Waals surface area contributed by atoms with Crippen LogP contribution in [-0.2, 0) is 0 Å². The normalized spacial score (nSPS) is 12.2. The molecule has 2 aromatic rings. The molecule has 19 heavy (non-hydrogen) atoms. The number of anilines is 2. The fourth-order valence-corrected chi connectivity index (χ4v) is 2.41. The summed E-state index contributed by atoms with van der Waals surface area (Å²) in [6.45, 7) is 5.62. The SMILES string of the molecule is CCNc1ncc(Cl)c(NCC(C)c2nccs2)n1. The van der Waals surface area contributed by atoms with Gasteiger partial charge < -0.3 is 10.6 Å². The number of hydrogen-bond acceptors (Lipinski definition) is 6. The molecule has 0 spiro atoms. The van der Waals surface area contributed by atoms with Gasteiger partial charge in [-0.15, -0.1) is 11.3 Å². The maximum Gasteiger partial charge on any atom is 0.224 e. The van der Waals surface area contributed by atoms with Crippen LogP contribution in [0.5, 0.6) is 0 Å². The van der Waals surface area contributed by atoms with Gasteiger partial charge in [0, 0.05) is 30.6 Å². The Bertz CT molecular complexity index is 517. The summed E-state index contributed by atoms with van der Waals surface area (Å²) >= 11 is 7.73. The highest BCUT2D eigenvalue weighted by Crippen LogP contribution is 2.22. The Labute approximate surface area is 121 Å². The lowest BCUT2D eigenvalue weighted by molar-refractivity contribution is 0.791. The molecule has 7 heteroatoms. The molecule has 5 nitrogen and oxygen atoms in total. The molecule has 2 heterocycles. The van der Waals surface area contributed by atoms with Gasteiger partial charge in [-0.05, 0) is 6.92 Å². The number of hydrogen-bond donors (Lipinski definition) is 2. The van der Waals surface area contributed by atoms with Gasteiger partial charge in [0.05, 0.1) is 11.2 Å². The highest BCUT2D eigenvalue weighted by atomic mass is 35.5. The van der Waals surface area contributed by atoms with Gasteiger partial charge in [-0.3, -0.25) is 0 Å². The Balaban J connectivity index is 2.00. The molecule has 0 aliphatic rings. The first-order chi connectivity index (χ1) is 9.20. The average molecular weight is 298 g/mol. The number of halogens is 1. The van der Waals surface area contributed by atoms with E-state index in [4.69, 9.17) is 11.6 Å². The number of nitrogens with one attached hydrogen (secondary N) is 2. The van der Waals surface area contributed by atoms with Gasteiger partial charge in [-0.1, -0.05) is 18.5 Å². The lowest BCUT2D eigenvalue weighted by Gasteiger charge is -2.12. The summed E-state index contributed by atoms with van der Waals surface area (Å²) in [6, 6.07) is 0. The molecule has 102 valence electrons. The summed E-state index contributed by atoms with van der Waals surface area (Å²) < 4.78 is 0. The zero-order valence-corrected chi connectivity index (χ0v) is 12.4. The van der Waals surface area contributed by atoms with Crippen LogP contribution in [0.3, 0.4) is 0 Å². The van der Waals surface area contributed by atoms with Crippen molar-refractivity contribution < 1.29 is 0 Å². The summed E-state index contributed by atoms with van der Waals surface area (Å²) in [5, 5.41) is 9.90. The van der Waals surface area contributed by atoms with Gasteiger partial charge in [0.1, 0.15) is 5.02 Å². The van der Waals surface area contributed by atoms with E-state index in [2.05, 4.69) is 32.5 Å². The van der Waals surface area contributed by atoms with Crippen molar-refractivity contribution in [3.05, 3.63) is 27.8 Å². The summed E-state index contributed by atoms with van der Waals surface area (Å²) in [7, 11) is 0. The quantitative estimate of drug-likeness (QED) is 0.857. The molecule has 1 unspecified atom stereocenters. The molecule has 0 saturated carbocycles. The van der Waals surface area contributed by atoms with Crippen molar-refractivity contribution in [2.24, 2.45) is 0 Å². The van der Waals surface area contributed by atoms with Gasteiger partial charge >= 0.3 is 0 Å². The van der Waals surface area contributed by atoms with Crippen molar-refractivity contribution in [3.8, 4) is 0 Å². The molecule has 0 fully saturated rings. The van der Waals surface area contributed by atoms with Crippen LogP contribution < -0.4 is 10.6 Å². The molecular weight excluding hydrogens is 282 g/mol. The van der Waals surface area contributed by atoms with E-state index < -0.39 is 0 Å². The second-order valence-corrected chi connectivity index (χ2v) is 5.41. The second-order valence-electron chi connectivity index (χ2n) is 4.07. The van der Waals surface area contributed by atoms with Crippen LogP contribution in [0.25, 0.3) is 0 Å². The molecule has 0 aromatic carbocycles. The van der Waals surface area contributed by atoms with Gasteiger partial charge in [-0.25, -0.2) is 9.97 Å². The lowest BCUT2D eigenvalue weighted by Crippen LogP contribution is -2.12. The van der Waals surface area contributed by atoms with E-state index in [-0.39, 0.29) is 0 Å². The highest BCUT2D eigenvalue weighted by Gasteiger charge is 2.10. The van der Waals surface area contributed by atoms with Crippen LogP contribution in [-0.4, -0.2) is 28.0 Å². The first-order valence-electron chi connectivity index (χ1n) is 6.10. The van der Waals surface area contributed by atoms with Gasteiger partial charge in [-0.2, -0.15) is 4.98 Å². The van der Waals surface area contributed by atoms with Crippen LogP contribution in [0.15, 0.2) is 17.8 Å². The maximum absolute atomic E-state index is 6.08. The van der Waals surface area contributed by atoms with E-state index in [0.717, 1.165) is 18.1 Å². The summed E-state index contributed by atoms with van der Waals surface area (Å²) in [4.78, 5) is 12.7. The van der Waals surface area contributed by atoms with E-state index in [1.165, 1.54) is 0 Å². The van der Waals surface area contributed by atoms with E-state index in [9.17, 15) is 0 Å². The van der Waals surface area contributed by atoms with Crippen molar-refractivity contribution >= 4 is 34.7 Å². The van der Waals surface area contributed by atoms with Crippen LogP contribution in [0.1, 0.15) is 24.8 Å². The number of aromatic nitrogens is 3. The van der Waals surface area contributed by atoms with Gasteiger partial charge in [0.25, 0.3) is 0 Å². The minimum atomic E-state index is 0.314. The topological polar surface area (TPSA) is 62.7 Å². The largest absolute Gasteiger partial charge is 0.368 e. The van der Waals surface area contributed by atoms with Crippen LogP contribution in [0.4, 0.5) is 11.8 Å². The Hall–Kier alpha value is -1.40. The Morgan fingerprint density at radius 2 is 2.21 bits per heavy atom. The molecular formula is C12H16ClN5S.